The van der Waals surface area contributed by atoms with Crippen LogP contribution < -0.4 is 5.32 Å². The number of esters is 1. The standard InChI is InChI=1S/C22H22N4O3/c1-22(2,3)29-20(28)11-10-19(27)24-17-5-4-12-26-14-18(25-21(17)26)16-8-6-15(13-23)7-9-16/h4-9,12,14H,10-11H2,1-3H3,(H,24,27). The lowest BCUT2D eigenvalue weighted by Crippen LogP contribution is -2.24. The second-order valence-corrected chi connectivity index (χ2v) is 7.60. The Bertz CT molecular complexity index is 1090. The summed E-state index contributed by atoms with van der Waals surface area (Å²) in [6.45, 7) is 5.36. The van der Waals surface area contributed by atoms with Crippen LogP contribution in [-0.4, -0.2) is 26.9 Å². The Labute approximate surface area is 168 Å². The largest absolute Gasteiger partial charge is 0.460 e. The van der Waals surface area contributed by atoms with Crippen molar-refractivity contribution in [3.8, 4) is 17.3 Å². The molecule has 0 bridgehead atoms. The molecule has 2 heterocycles. The zero-order chi connectivity index (χ0) is 21.0. The van der Waals surface area contributed by atoms with Crippen molar-refractivity contribution >= 4 is 23.2 Å². The Morgan fingerprint density at radius 3 is 2.55 bits per heavy atom. The van der Waals surface area contributed by atoms with Crippen LogP contribution in [0.5, 0.6) is 0 Å². The van der Waals surface area contributed by atoms with Gasteiger partial charge in [0.25, 0.3) is 0 Å². The summed E-state index contributed by atoms with van der Waals surface area (Å²) in [6, 6.07) is 12.8. The van der Waals surface area contributed by atoms with Gasteiger partial charge in [0.2, 0.25) is 5.91 Å². The van der Waals surface area contributed by atoms with Crippen molar-refractivity contribution in [2.24, 2.45) is 0 Å². The van der Waals surface area contributed by atoms with Gasteiger partial charge >= 0.3 is 5.97 Å². The summed E-state index contributed by atoms with van der Waals surface area (Å²) in [7, 11) is 0. The number of nitrogens with one attached hydrogen (secondary N) is 1. The second kappa shape index (κ2) is 8.15. The Morgan fingerprint density at radius 2 is 1.90 bits per heavy atom. The molecule has 0 saturated carbocycles. The number of rotatable bonds is 5. The molecule has 29 heavy (non-hydrogen) atoms. The molecule has 0 saturated heterocycles. The van der Waals surface area contributed by atoms with E-state index in [0.29, 0.717) is 16.9 Å². The molecule has 148 valence electrons. The zero-order valence-electron chi connectivity index (χ0n) is 16.6. The third-order valence-electron chi connectivity index (χ3n) is 4.04. The molecule has 2 aromatic heterocycles. The van der Waals surface area contributed by atoms with Crippen LogP contribution in [0.25, 0.3) is 16.9 Å². The first-order valence-electron chi connectivity index (χ1n) is 9.25. The number of pyridine rings is 1. The molecule has 7 nitrogen and oxygen atoms in total. The quantitative estimate of drug-likeness (QED) is 0.666. The van der Waals surface area contributed by atoms with Gasteiger partial charge in [-0.25, -0.2) is 4.98 Å². The number of benzene rings is 1. The van der Waals surface area contributed by atoms with Crippen LogP contribution in [0.3, 0.4) is 0 Å². The lowest BCUT2D eigenvalue weighted by molar-refractivity contribution is -0.155. The van der Waals surface area contributed by atoms with Gasteiger partial charge in [-0.1, -0.05) is 12.1 Å². The van der Waals surface area contributed by atoms with E-state index < -0.39 is 11.6 Å². The highest BCUT2D eigenvalue weighted by molar-refractivity contribution is 5.95. The number of hydrogen-bond donors (Lipinski definition) is 1. The number of fused-ring (bicyclic) bond motifs is 1. The summed E-state index contributed by atoms with van der Waals surface area (Å²) in [4.78, 5) is 28.7. The molecular formula is C22H22N4O3. The number of carbonyl (C=O) groups excluding carboxylic acids is 2. The van der Waals surface area contributed by atoms with E-state index in [9.17, 15) is 9.59 Å². The molecule has 0 aliphatic rings. The molecular weight excluding hydrogens is 368 g/mol. The van der Waals surface area contributed by atoms with Crippen molar-refractivity contribution in [1.29, 1.82) is 5.26 Å². The maximum atomic E-state index is 12.3. The summed E-state index contributed by atoms with van der Waals surface area (Å²) in [5.41, 5.74) is 2.76. The second-order valence-electron chi connectivity index (χ2n) is 7.60. The Kier molecular flexibility index (Phi) is 5.64. The SMILES string of the molecule is CC(C)(C)OC(=O)CCC(=O)Nc1cccn2cc(-c3ccc(C#N)cc3)nc12. The van der Waals surface area contributed by atoms with E-state index in [2.05, 4.69) is 16.4 Å². The third kappa shape index (κ3) is 5.20. The maximum absolute atomic E-state index is 12.3. The molecule has 0 fully saturated rings. The van der Waals surface area contributed by atoms with E-state index in [0.717, 1.165) is 11.3 Å². The molecule has 0 radical (unpaired) electrons. The summed E-state index contributed by atoms with van der Waals surface area (Å²) < 4.78 is 7.04. The van der Waals surface area contributed by atoms with Crippen molar-refractivity contribution in [3.05, 3.63) is 54.4 Å². The number of hydrogen-bond acceptors (Lipinski definition) is 5. The fourth-order valence-electron chi connectivity index (χ4n) is 2.79. The fraction of sp³-hybridized carbons (Fsp3) is 0.273. The molecule has 1 N–H and O–H groups in total. The van der Waals surface area contributed by atoms with Gasteiger partial charge in [0.05, 0.1) is 29.4 Å². The number of nitriles is 1. The molecule has 7 heteroatoms. The molecule has 0 aliphatic heterocycles. The zero-order valence-corrected chi connectivity index (χ0v) is 16.6. The number of anilines is 1. The average Bonchev–Trinajstić information content (AvgIpc) is 3.10. The number of carbonyl (C=O) groups is 2. The van der Waals surface area contributed by atoms with Gasteiger partial charge < -0.3 is 14.5 Å². The van der Waals surface area contributed by atoms with Gasteiger partial charge in [-0.05, 0) is 45.0 Å². The normalized spacial score (nSPS) is 11.1. The highest BCUT2D eigenvalue weighted by Gasteiger charge is 2.17. The van der Waals surface area contributed by atoms with Crippen LogP contribution in [0.4, 0.5) is 5.69 Å². The van der Waals surface area contributed by atoms with E-state index in [1.807, 2.05) is 28.9 Å². The minimum atomic E-state index is -0.573. The number of nitrogens with zero attached hydrogens (tertiary/aromatic N) is 3. The molecule has 0 spiro atoms. The molecule has 3 rings (SSSR count). The van der Waals surface area contributed by atoms with E-state index in [1.165, 1.54) is 0 Å². The van der Waals surface area contributed by atoms with Crippen molar-refractivity contribution < 1.29 is 14.3 Å². The molecule has 1 amide bonds. The lowest BCUT2D eigenvalue weighted by atomic mass is 10.1. The number of imidazole rings is 1. The van der Waals surface area contributed by atoms with E-state index in [4.69, 9.17) is 10.00 Å². The van der Waals surface area contributed by atoms with Gasteiger partial charge in [-0.15, -0.1) is 0 Å². The van der Waals surface area contributed by atoms with Crippen molar-refractivity contribution in [2.45, 2.75) is 39.2 Å². The molecule has 0 unspecified atom stereocenters. The van der Waals surface area contributed by atoms with Gasteiger partial charge in [-0.2, -0.15) is 5.26 Å². The van der Waals surface area contributed by atoms with Crippen LogP contribution >= 0.6 is 0 Å². The average molecular weight is 390 g/mol. The molecule has 0 aliphatic carbocycles. The van der Waals surface area contributed by atoms with E-state index >= 15 is 0 Å². The summed E-state index contributed by atoms with van der Waals surface area (Å²) in [6.07, 6.45) is 3.73. The Balaban J connectivity index is 1.73. The summed E-state index contributed by atoms with van der Waals surface area (Å²) in [5, 5.41) is 11.7. The van der Waals surface area contributed by atoms with Crippen molar-refractivity contribution in [1.82, 2.24) is 9.38 Å². The summed E-state index contributed by atoms with van der Waals surface area (Å²) >= 11 is 0. The minimum Gasteiger partial charge on any atom is -0.460 e. The van der Waals surface area contributed by atoms with Crippen molar-refractivity contribution in [2.75, 3.05) is 5.32 Å². The first kappa shape index (κ1) is 20.1. The Hall–Kier alpha value is -3.66. The van der Waals surface area contributed by atoms with Gasteiger partial charge in [0.15, 0.2) is 5.65 Å². The van der Waals surface area contributed by atoms with Crippen LogP contribution in [-0.2, 0) is 14.3 Å². The maximum Gasteiger partial charge on any atom is 0.306 e. The van der Waals surface area contributed by atoms with Crippen molar-refractivity contribution in [3.63, 3.8) is 0 Å². The first-order valence-corrected chi connectivity index (χ1v) is 9.25. The van der Waals surface area contributed by atoms with Crippen LogP contribution in [0.1, 0.15) is 39.2 Å². The van der Waals surface area contributed by atoms with Gasteiger partial charge in [-0.3, -0.25) is 9.59 Å². The highest BCUT2D eigenvalue weighted by Crippen LogP contribution is 2.23. The Morgan fingerprint density at radius 1 is 1.17 bits per heavy atom. The number of amides is 1. The fourth-order valence-corrected chi connectivity index (χ4v) is 2.79. The molecule has 1 aromatic carbocycles. The van der Waals surface area contributed by atoms with E-state index in [-0.39, 0.29) is 18.7 Å². The van der Waals surface area contributed by atoms with E-state index in [1.54, 1.807) is 45.0 Å². The predicted octanol–water partition coefficient (Wildman–Crippen LogP) is 3.93. The van der Waals surface area contributed by atoms with Gasteiger partial charge in [0.1, 0.15) is 5.60 Å². The van der Waals surface area contributed by atoms with Crippen LogP contribution in [0.2, 0.25) is 0 Å². The monoisotopic (exact) mass is 390 g/mol. The predicted molar refractivity (Wildman–Crippen MR) is 109 cm³/mol. The lowest BCUT2D eigenvalue weighted by Gasteiger charge is -2.19. The number of aromatic nitrogens is 2. The smallest absolute Gasteiger partial charge is 0.306 e. The van der Waals surface area contributed by atoms with Gasteiger partial charge in [0, 0.05) is 24.4 Å². The minimum absolute atomic E-state index is 0.0111. The van der Waals surface area contributed by atoms with Crippen LogP contribution in [0.15, 0.2) is 48.8 Å². The molecule has 0 atom stereocenters. The highest BCUT2D eigenvalue weighted by atomic mass is 16.6. The first-order chi connectivity index (χ1) is 13.7. The summed E-state index contributed by atoms with van der Waals surface area (Å²) in [5.74, 6) is -0.693. The van der Waals surface area contributed by atoms with Crippen LogP contribution in [0, 0.1) is 11.3 Å². The third-order valence-corrected chi connectivity index (χ3v) is 4.04. The number of ether oxygens (including phenoxy) is 1. The molecule has 3 aromatic rings. The topological polar surface area (TPSA) is 96.5 Å².